The van der Waals surface area contributed by atoms with Crippen molar-refractivity contribution < 1.29 is 9.53 Å². The third-order valence-corrected chi connectivity index (χ3v) is 3.36. The summed E-state index contributed by atoms with van der Waals surface area (Å²) in [6.07, 6.45) is 2.58. The molecule has 0 fully saturated rings. The lowest BCUT2D eigenvalue weighted by atomic mass is 10.2. The van der Waals surface area contributed by atoms with Crippen LogP contribution in [0.4, 0.5) is 0 Å². The zero-order chi connectivity index (χ0) is 12.7. The van der Waals surface area contributed by atoms with Crippen LogP contribution in [-0.2, 0) is 9.53 Å². The van der Waals surface area contributed by atoms with Crippen molar-refractivity contribution in [2.75, 3.05) is 12.9 Å². The Bertz CT molecular complexity index is 416. The predicted octanol–water partition coefficient (Wildman–Crippen LogP) is 3.94. The fourth-order valence-corrected chi connectivity index (χ4v) is 2.42. The standard InChI is InChI=1S/C13H15ClO2S/c1-3-10(13(15)16-2)7-8-17-12-6-4-5-11(14)9-12/h4-7,9H,3,8H2,1-2H3. The van der Waals surface area contributed by atoms with Crippen molar-refractivity contribution in [3.05, 3.63) is 40.9 Å². The van der Waals surface area contributed by atoms with Gasteiger partial charge in [-0.15, -0.1) is 11.8 Å². The molecule has 17 heavy (non-hydrogen) atoms. The number of hydrogen-bond donors (Lipinski definition) is 0. The van der Waals surface area contributed by atoms with E-state index in [0.29, 0.717) is 12.0 Å². The van der Waals surface area contributed by atoms with Gasteiger partial charge in [0.1, 0.15) is 0 Å². The molecule has 0 spiro atoms. The number of carbonyl (C=O) groups excluding carboxylic acids is 1. The third kappa shape index (κ3) is 4.84. The molecular weight excluding hydrogens is 256 g/mol. The largest absolute Gasteiger partial charge is 0.466 e. The van der Waals surface area contributed by atoms with Crippen molar-refractivity contribution in [1.82, 2.24) is 0 Å². The Morgan fingerprint density at radius 3 is 2.88 bits per heavy atom. The second-order valence-electron chi connectivity index (χ2n) is 3.34. The minimum absolute atomic E-state index is 0.251. The van der Waals surface area contributed by atoms with E-state index in [1.54, 1.807) is 11.8 Å². The van der Waals surface area contributed by atoms with Crippen molar-refractivity contribution in [2.45, 2.75) is 18.2 Å². The molecule has 0 radical (unpaired) electrons. The summed E-state index contributed by atoms with van der Waals surface area (Å²) in [5.41, 5.74) is 0.710. The summed E-state index contributed by atoms with van der Waals surface area (Å²) < 4.78 is 4.69. The smallest absolute Gasteiger partial charge is 0.333 e. The van der Waals surface area contributed by atoms with Crippen LogP contribution in [0.1, 0.15) is 13.3 Å². The summed E-state index contributed by atoms with van der Waals surface area (Å²) in [6.45, 7) is 1.94. The molecule has 0 amide bonds. The summed E-state index contributed by atoms with van der Waals surface area (Å²) in [7, 11) is 1.40. The van der Waals surface area contributed by atoms with E-state index in [1.165, 1.54) is 7.11 Å². The zero-order valence-corrected chi connectivity index (χ0v) is 11.5. The lowest BCUT2D eigenvalue weighted by Gasteiger charge is -2.02. The quantitative estimate of drug-likeness (QED) is 0.460. The highest BCUT2D eigenvalue weighted by Crippen LogP contribution is 2.22. The van der Waals surface area contributed by atoms with E-state index >= 15 is 0 Å². The Morgan fingerprint density at radius 1 is 1.53 bits per heavy atom. The van der Waals surface area contributed by atoms with E-state index in [0.717, 1.165) is 15.7 Å². The molecule has 0 saturated heterocycles. The van der Waals surface area contributed by atoms with Gasteiger partial charge in [-0.05, 0) is 24.6 Å². The van der Waals surface area contributed by atoms with Gasteiger partial charge in [0, 0.05) is 21.2 Å². The van der Waals surface area contributed by atoms with Crippen molar-refractivity contribution in [2.24, 2.45) is 0 Å². The third-order valence-electron chi connectivity index (χ3n) is 2.20. The number of esters is 1. The Morgan fingerprint density at radius 2 is 2.29 bits per heavy atom. The first-order chi connectivity index (χ1) is 8.17. The highest BCUT2D eigenvalue weighted by Gasteiger charge is 2.05. The molecule has 0 N–H and O–H groups in total. The maximum absolute atomic E-state index is 11.3. The Kier molecular flexibility index (Phi) is 6.16. The van der Waals surface area contributed by atoms with Crippen molar-refractivity contribution in [3.8, 4) is 0 Å². The molecular formula is C13H15ClO2S. The Balaban J connectivity index is 2.56. The number of methoxy groups -OCH3 is 1. The number of carbonyl (C=O) groups is 1. The molecule has 92 valence electrons. The van der Waals surface area contributed by atoms with Gasteiger partial charge in [-0.3, -0.25) is 0 Å². The summed E-state index contributed by atoms with van der Waals surface area (Å²) in [5.74, 6) is 0.484. The SMILES string of the molecule is CCC(=CCSc1cccc(Cl)c1)C(=O)OC. The molecule has 0 aliphatic rings. The molecule has 4 heteroatoms. The average molecular weight is 271 g/mol. The molecule has 0 unspecified atom stereocenters. The van der Waals surface area contributed by atoms with Gasteiger partial charge in [0.15, 0.2) is 0 Å². The number of thioether (sulfide) groups is 1. The summed E-state index contributed by atoms with van der Waals surface area (Å²) in [5, 5.41) is 0.725. The summed E-state index contributed by atoms with van der Waals surface area (Å²) in [4.78, 5) is 12.4. The number of ether oxygens (including phenoxy) is 1. The maximum atomic E-state index is 11.3. The lowest BCUT2D eigenvalue weighted by Crippen LogP contribution is -2.04. The van der Waals surface area contributed by atoms with Gasteiger partial charge in [-0.2, -0.15) is 0 Å². The molecule has 0 atom stereocenters. The van der Waals surface area contributed by atoms with Crippen molar-refractivity contribution in [3.63, 3.8) is 0 Å². The van der Waals surface area contributed by atoms with Gasteiger partial charge in [0.2, 0.25) is 0 Å². The van der Waals surface area contributed by atoms with Gasteiger partial charge in [0.25, 0.3) is 0 Å². The number of rotatable bonds is 5. The molecule has 0 aliphatic heterocycles. The van der Waals surface area contributed by atoms with E-state index in [9.17, 15) is 4.79 Å². The van der Waals surface area contributed by atoms with Crippen LogP contribution in [-0.4, -0.2) is 18.8 Å². The van der Waals surface area contributed by atoms with Crippen molar-refractivity contribution >= 4 is 29.3 Å². The van der Waals surface area contributed by atoms with Gasteiger partial charge in [-0.1, -0.05) is 30.7 Å². The molecule has 0 heterocycles. The van der Waals surface area contributed by atoms with Gasteiger partial charge >= 0.3 is 5.97 Å². The minimum atomic E-state index is -0.251. The van der Waals surface area contributed by atoms with Gasteiger partial charge in [-0.25, -0.2) is 4.79 Å². The molecule has 1 aromatic carbocycles. The zero-order valence-electron chi connectivity index (χ0n) is 9.90. The van der Waals surface area contributed by atoms with Crippen LogP contribution in [0.25, 0.3) is 0 Å². The molecule has 0 aliphatic carbocycles. The van der Waals surface area contributed by atoms with Crippen LogP contribution in [0.5, 0.6) is 0 Å². The monoisotopic (exact) mass is 270 g/mol. The van der Waals surface area contributed by atoms with Crippen LogP contribution in [0, 0.1) is 0 Å². The number of hydrogen-bond acceptors (Lipinski definition) is 3. The van der Waals surface area contributed by atoms with Crippen molar-refractivity contribution in [1.29, 1.82) is 0 Å². The van der Waals surface area contributed by atoms with E-state index in [-0.39, 0.29) is 5.97 Å². The Labute approximate surface area is 111 Å². The topological polar surface area (TPSA) is 26.3 Å². The first-order valence-electron chi connectivity index (χ1n) is 5.33. The summed E-state index contributed by atoms with van der Waals surface area (Å²) >= 11 is 7.52. The van der Waals surface area contributed by atoms with E-state index < -0.39 is 0 Å². The normalized spacial score (nSPS) is 11.4. The molecule has 0 aromatic heterocycles. The predicted molar refractivity (Wildman–Crippen MR) is 72.6 cm³/mol. The van der Waals surface area contributed by atoms with Gasteiger partial charge < -0.3 is 4.74 Å². The number of benzene rings is 1. The average Bonchev–Trinajstić information content (AvgIpc) is 2.34. The first-order valence-corrected chi connectivity index (χ1v) is 6.69. The van der Waals surface area contributed by atoms with Crippen LogP contribution in [0.3, 0.4) is 0 Å². The maximum Gasteiger partial charge on any atom is 0.333 e. The molecule has 1 rings (SSSR count). The van der Waals surface area contributed by atoms with E-state index in [2.05, 4.69) is 4.74 Å². The lowest BCUT2D eigenvalue weighted by molar-refractivity contribution is -0.136. The second kappa shape index (κ2) is 7.41. The Hall–Kier alpha value is -0.930. The highest BCUT2D eigenvalue weighted by atomic mass is 35.5. The first kappa shape index (κ1) is 14.1. The highest BCUT2D eigenvalue weighted by molar-refractivity contribution is 7.99. The van der Waals surface area contributed by atoms with Gasteiger partial charge in [0.05, 0.1) is 7.11 Å². The van der Waals surface area contributed by atoms with Crippen LogP contribution >= 0.6 is 23.4 Å². The minimum Gasteiger partial charge on any atom is -0.466 e. The fourth-order valence-electron chi connectivity index (χ4n) is 1.30. The number of halogens is 1. The van der Waals surface area contributed by atoms with Crippen LogP contribution < -0.4 is 0 Å². The molecule has 2 nitrogen and oxygen atoms in total. The second-order valence-corrected chi connectivity index (χ2v) is 4.87. The van der Waals surface area contributed by atoms with E-state index in [1.807, 2.05) is 37.3 Å². The summed E-state index contributed by atoms with van der Waals surface area (Å²) in [6, 6.07) is 7.65. The molecule has 0 bridgehead atoms. The molecule has 1 aromatic rings. The van der Waals surface area contributed by atoms with E-state index in [4.69, 9.17) is 11.6 Å². The molecule has 0 saturated carbocycles. The van der Waals surface area contributed by atoms with Crippen LogP contribution in [0.15, 0.2) is 40.8 Å². The fraction of sp³-hybridized carbons (Fsp3) is 0.308. The van der Waals surface area contributed by atoms with Crippen LogP contribution in [0.2, 0.25) is 5.02 Å².